The number of alkyl halides is 2. The van der Waals surface area contributed by atoms with E-state index in [1.807, 2.05) is 6.07 Å². The molecule has 2 heterocycles. The van der Waals surface area contributed by atoms with E-state index in [-0.39, 0.29) is 31.5 Å². The van der Waals surface area contributed by atoms with Gasteiger partial charge in [-0.15, -0.1) is 0 Å². The second-order valence-electron chi connectivity index (χ2n) is 11.0. The Labute approximate surface area is 226 Å². The number of amides is 2. The molecule has 2 amide bonds. The maximum atomic E-state index is 13.7. The molecular formula is C26H34BF3N4O5. The summed E-state index contributed by atoms with van der Waals surface area (Å²) in [6.07, 6.45) is 1.07. The molecular weight excluding hydrogens is 516 g/mol. The lowest BCUT2D eigenvalue weighted by Gasteiger charge is -2.40. The fourth-order valence-corrected chi connectivity index (χ4v) is 4.96. The van der Waals surface area contributed by atoms with Crippen molar-refractivity contribution in [1.82, 2.24) is 15.1 Å². The average Bonchev–Trinajstić information content (AvgIpc) is 3.23. The molecule has 2 aliphatic heterocycles. The first-order valence-corrected chi connectivity index (χ1v) is 12.8. The minimum atomic E-state index is -2.82. The third-order valence-electron chi connectivity index (χ3n) is 7.15. The number of rotatable bonds is 8. The molecule has 2 fully saturated rings. The second-order valence-corrected chi connectivity index (χ2v) is 11.0. The van der Waals surface area contributed by atoms with Gasteiger partial charge < -0.3 is 25.0 Å². The molecule has 13 heteroatoms. The number of halogens is 3. The van der Waals surface area contributed by atoms with Gasteiger partial charge in [0.15, 0.2) is 0 Å². The molecule has 0 spiro atoms. The number of carbonyl (C=O) groups excluding carboxylic acids is 2. The summed E-state index contributed by atoms with van der Waals surface area (Å²) >= 11 is 0. The highest BCUT2D eigenvalue weighted by molar-refractivity contribution is 6.43. The molecule has 212 valence electrons. The normalized spacial score (nSPS) is 22.6. The van der Waals surface area contributed by atoms with Gasteiger partial charge in [-0.2, -0.15) is 5.26 Å². The molecule has 39 heavy (non-hydrogen) atoms. The van der Waals surface area contributed by atoms with E-state index in [1.54, 1.807) is 20.8 Å². The summed E-state index contributed by atoms with van der Waals surface area (Å²) in [6, 6.07) is 7.24. The number of carbonyl (C=O) groups is 2. The Bertz CT molecular complexity index is 1130. The summed E-state index contributed by atoms with van der Waals surface area (Å²) in [4.78, 5) is 28.8. The van der Waals surface area contributed by atoms with Crippen LogP contribution in [-0.4, -0.2) is 88.1 Å². The van der Waals surface area contributed by atoms with E-state index in [0.29, 0.717) is 24.9 Å². The number of ether oxygens (including phenoxy) is 1. The topological polar surface area (TPSA) is 126 Å². The fourth-order valence-electron chi connectivity index (χ4n) is 4.96. The molecule has 9 nitrogen and oxygen atoms in total. The van der Waals surface area contributed by atoms with Gasteiger partial charge in [0.25, 0.3) is 11.8 Å². The summed E-state index contributed by atoms with van der Waals surface area (Å²) in [5, 5.41) is 31.6. The highest BCUT2D eigenvalue weighted by Crippen LogP contribution is 2.33. The van der Waals surface area contributed by atoms with E-state index in [0.717, 1.165) is 0 Å². The molecule has 1 aromatic rings. The Balaban J connectivity index is 1.65. The maximum absolute atomic E-state index is 13.7. The van der Waals surface area contributed by atoms with Crippen LogP contribution in [0.5, 0.6) is 0 Å². The van der Waals surface area contributed by atoms with Crippen LogP contribution in [0.4, 0.5) is 18.0 Å². The number of nitriles is 1. The zero-order chi connectivity index (χ0) is 29.0. The molecule has 2 aliphatic rings. The van der Waals surface area contributed by atoms with Crippen LogP contribution in [-0.2, 0) is 16.0 Å². The van der Waals surface area contributed by atoms with E-state index in [2.05, 4.69) is 5.32 Å². The molecule has 3 N–H and O–H groups in total. The zero-order valence-corrected chi connectivity index (χ0v) is 22.3. The van der Waals surface area contributed by atoms with Crippen molar-refractivity contribution in [3.63, 3.8) is 0 Å². The standard InChI is InChI=1S/C26H34BF3N4O5/c1-24(2,34-12-10-26(29,30)17-34)14-19(15-31)22(35)33-11-4-9-25(3,16-33)39-23(36)32-21(27(37)38)13-18-5-7-20(28)8-6-18/h5-8,14,21,37-38H,4,9-13,16-17H2,1-3H3,(H,32,36)/t21-,25?/m0/s1. The number of alkyl carbamates (subject to hydrolysis) is 1. The lowest BCUT2D eigenvalue weighted by atomic mass is 9.76. The van der Waals surface area contributed by atoms with Crippen molar-refractivity contribution >= 4 is 19.1 Å². The summed E-state index contributed by atoms with van der Waals surface area (Å²) in [5.41, 5.74) is -1.72. The van der Waals surface area contributed by atoms with Gasteiger partial charge in [0.05, 0.1) is 19.0 Å². The summed E-state index contributed by atoms with van der Waals surface area (Å²) in [5.74, 6) is -5.00. The number of nitrogens with zero attached hydrogens (tertiary/aromatic N) is 3. The molecule has 2 saturated heterocycles. The number of hydrogen-bond acceptors (Lipinski definition) is 7. The van der Waals surface area contributed by atoms with Gasteiger partial charge in [-0.25, -0.2) is 18.0 Å². The molecule has 0 saturated carbocycles. The minimum absolute atomic E-state index is 0.00340. The zero-order valence-electron chi connectivity index (χ0n) is 22.3. The van der Waals surface area contributed by atoms with Crippen LogP contribution in [0.25, 0.3) is 0 Å². The highest BCUT2D eigenvalue weighted by Gasteiger charge is 2.44. The van der Waals surface area contributed by atoms with Crippen molar-refractivity contribution < 1.29 is 37.5 Å². The number of hydrogen-bond donors (Lipinski definition) is 3. The van der Waals surface area contributed by atoms with Gasteiger partial charge in [0, 0.05) is 25.0 Å². The fraction of sp³-hybridized carbons (Fsp3) is 0.577. The van der Waals surface area contributed by atoms with Crippen LogP contribution in [0.1, 0.15) is 45.6 Å². The second kappa shape index (κ2) is 12.0. The molecule has 0 aliphatic carbocycles. The summed E-state index contributed by atoms with van der Waals surface area (Å²) in [7, 11) is -1.91. The number of piperidine rings is 1. The molecule has 2 atom stereocenters. The van der Waals surface area contributed by atoms with Gasteiger partial charge >= 0.3 is 13.2 Å². The monoisotopic (exact) mass is 550 g/mol. The highest BCUT2D eigenvalue weighted by atomic mass is 19.3. The Kier molecular flexibility index (Phi) is 9.36. The Hall–Kier alpha value is -3.08. The van der Waals surface area contributed by atoms with Crippen LogP contribution >= 0.6 is 0 Å². The van der Waals surface area contributed by atoms with Crippen molar-refractivity contribution in [2.45, 2.75) is 69.5 Å². The first-order valence-electron chi connectivity index (χ1n) is 12.8. The number of nitrogens with one attached hydrogen (secondary N) is 1. The van der Waals surface area contributed by atoms with Crippen molar-refractivity contribution in [3.8, 4) is 6.07 Å². The Morgan fingerprint density at radius 3 is 2.46 bits per heavy atom. The molecule has 0 aromatic heterocycles. The molecule has 0 radical (unpaired) electrons. The van der Waals surface area contributed by atoms with Crippen LogP contribution in [0.3, 0.4) is 0 Å². The molecule has 1 unspecified atom stereocenters. The van der Waals surface area contributed by atoms with Gasteiger partial charge in [-0.05, 0) is 63.8 Å². The first-order chi connectivity index (χ1) is 18.1. The van der Waals surface area contributed by atoms with Crippen molar-refractivity contribution in [3.05, 3.63) is 47.3 Å². The lowest BCUT2D eigenvalue weighted by Crippen LogP contribution is -2.54. The summed E-state index contributed by atoms with van der Waals surface area (Å²) < 4.78 is 46.2. The van der Waals surface area contributed by atoms with Gasteiger partial charge in [0.2, 0.25) is 0 Å². The molecule has 0 bridgehead atoms. The van der Waals surface area contributed by atoms with Crippen LogP contribution in [0.15, 0.2) is 35.9 Å². The largest absolute Gasteiger partial charge is 0.475 e. The Morgan fingerprint density at radius 1 is 1.23 bits per heavy atom. The predicted octanol–water partition coefficient (Wildman–Crippen LogP) is 2.43. The van der Waals surface area contributed by atoms with Crippen molar-refractivity contribution in [1.29, 1.82) is 5.26 Å². The Morgan fingerprint density at radius 2 is 1.90 bits per heavy atom. The summed E-state index contributed by atoms with van der Waals surface area (Å²) in [6.45, 7) is 4.93. The lowest BCUT2D eigenvalue weighted by molar-refractivity contribution is -0.133. The van der Waals surface area contributed by atoms with Gasteiger partial charge in [-0.1, -0.05) is 12.1 Å². The smallest absolute Gasteiger partial charge is 0.441 e. The van der Waals surface area contributed by atoms with Crippen LogP contribution in [0.2, 0.25) is 0 Å². The van der Waals surface area contributed by atoms with Crippen LogP contribution < -0.4 is 5.32 Å². The quantitative estimate of drug-likeness (QED) is 0.258. The van der Waals surface area contributed by atoms with E-state index >= 15 is 0 Å². The van der Waals surface area contributed by atoms with Crippen molar-refractivity contribution in [2.75, 3.05) is 26.2 Å². The third kappa shape index (κ3) is 8.21. The maximum Gasteiger partial charge on any atom is 0.475 e. The van der Waals surface area contributed by atoms with Gasteiger partial charge in [0.1, 0.15) is 23.1 Å². The predicted molar refractivity (Wildman–Crippen MR) is 137 cm³/mol. The van der Waals surface area contributed by atoms with E-state index < -0.39 is 54.5 Å². The average molecular weight is 550 g/mol. The molecule has 1 aromatic carbocycles. The number of benzene rings is 1. The number of likely N-dealkylation sites (tertiary alicyclic amines) is 2. The SMILES string of the molecule is CC1(OC(=O)N[C@@H](Cc2ccc(F)cc2)B(O)O)CCCN(C(=O)C(C#N)=CC(C)(C)N2CCC(F)(F)C2)C1. The van der Waals surface area contributed by atoms with Crippen LogP contribution in [0, 0.1) is 17.1 Å². The molecule has 3 rings (SSSR count). The van der Waals surface area contributed by atoms with Gasteiger partial charge in [-0.3, -0.25) is 9.69 Å². The minimum Gasteiger partial charge on any atom is -0.441 e. The van der Waals surface area contributed by atoms with E-state index in [1.165, 1.54) is 40.1 Å². The van der Waals surface area contributed by atoms with E-state index in [9.17, 15) is 38.1 Å². The van der Waals surface area contributed by atoms with Crippen molar-refractivity contribution in [2.24, 2.45) is 0 Å². The first kappa shape index (κ1) is 30.5. The van der Waals surface area contributed by atoms with E-state index in [4.69, 9.17) is 4.74 Å². The third-order valence-corrected chi connectivity index (χ3v) is 7.15.